The van der Waals surface area contributed by atoms with Gasteiger partial charge in [-0.05, 0) is 42.0 Å². The Bertz CT molecular complexity index is 754. The highest BCUT2D eigenvalue weighted by Gasteiger charge is 2.19. The van der Waals surface area contributed by atoms with E-state index in [9.17, 15) is 13.6 Å². The number of rotatable bonds is 5. The molecule has 7 heteroatoms. The summed E-state index contributed by atoms with van der Waals surface area (Å²) in [6.07, 6.45) is 1.48. The van der Waals surface area contributed by atoms with Gasteiger partial charge >= 0.3 is 0 Å². The lowest BCUT2D eigenvalue weighted by atomic mass is 10.2. The zero-order chi connectivity index (χ0) is 18.4. The Labute approximate surface area is 150 Å². The molecule has 0 saturated carbocycles. The van der Waals surface area contributed by atoms with Crippen molar-refractivity contribution in [1.29, 1.82) is 0 Å². The van der Waals surface area contributed by atoms with Crippen molar-refractivity contribution in [3.05, 3.63) is 65.7 Å². The number of carbonyl (C=O) groups excluding carboxylic acids is 1. The van der Waals surface area contributed by atoms with Crippen LogP contribution in [0.15, 0.2) is 53.6 Å². The Balaban J connectivity index is 1.41. The molecule has 1 aliphatic heterocycles. The summed E-state index contributed by atoms with van der Waals surface area (Å²) in [5.74, 6) is -0.755. The van der Waals surface area contributed by atoms with E-state index in [1.54, 1.807) is 24.3 Å². The van der Waals surface area contributed by atoms with Gasteiger partial charge in [0.05, 0.1) is 12.8 Å². The van der Waals surface area contributed by atoms with Gasteiger partial charge in [0.2, 0.25) is 0 Å². The van der Waals surface area contributed by atoms with Crippen LogP contribution in [-0.4, -0.2) is 49.7 Å². The molecule has 1 fully saturated rings. The first kappa shape index (κ1) is 18.0. The van der Waals surface area contributed by atoms with E-state index in [1.807, 2.05) is 4.90 Å². The number of hydrogen-bond acceptors (Lipinski definition) is 4. The molecule has 0 spiro atoms. The van der Waals surface area contributed by atoms with Crippen LogP contribution in [0.25, 0.3) is 0 Å². The molecule has 0 aromatic heterocycles. The molecule has 1 saturated heterocycles. The maximum Gasteiger partial charge on any atom is 0.254 e. The number of amides is 1. The van der Waals surface area contributed by atoms with Gasteiger partial charge in [0, 0.05) is 31.9 Å². The van der Waals surface area contributed by atoms with Crippen LogP contribution in [0.2, 0.25) is 0 Å². The molecule has 0 radical (unpaired) electrons. The molecule has 1 heterocycles. The maximum absolute atomic E-state index is 13.0. The Hall–Kier alpha value is -2.80. The lowest BCUT2D eigenvalue weighted by Gasteiger charge is -2.35. The van der Waals surface area contributed by atoms with Gasteiger partial charge in [0.1, 0.15) is 11.6 Å². The molecule has 1 aliphatic rings. The van der Waals surface area contributed by atoms with Crippen molar-refractivity contribution < 1.29 is 13.6 Å². The summed E-state index contributed by atoms with van der Waals surface area (Å²) in [5, 5.41) is 3.89. The SMILES string of the molecule is O=C(CN1CCN(c2ccc(F)cc2)CC1)N/N=C/c1ccc(F)cc1. The lowest BCUT2D eigenvalue weighted by molar-refractivity contribution is -0.122. The number of benzene rings is 2. The number of hydrazone groups is 1. The quantitative estimate of drug-likeness (QED) is 0.659. The van der Waals surface area contributed by atoms with Gasteiger partial charge in [-0.2, -0.15) is 5.10 Å². The molecule has 1 amide bonds. The third kappa shape index (κ3) is 5.10. The molecule has 3 rings (SSSR count). The van der Waals surface area contributed by atoms with Crippen LogP contribution in [-0.2, 0) is 4.79 Å². The molecule has 26 heavy (non-hydrogen) atoms. The summed E-state index contributed by atoms with van der Waals surface area (Å²) in [6.45, 7) is 3.30. The smallest absolute Gasteiger partial charge is 0.254 e. The summed E-state index contributed by atoms with van der Waals surface area (Å²) in [6, 6.07) is 12.3. The normalized spacial score (nSPS) is 15.4. The number of halogens is 2. The maximum atomic E-state index is 13.0. The van der Waals surface area contributed by atoms with Crippen molar-refractivity contribution in [3.63, 3.8) is 0 Å². The zero-order valence-corrected chi connectivity index (χ0v) is 14.2. The summed E-state index contributed by atoms with van der Waals surface area (Å²) < 4.78 is 25.8. The second-order valence-electron chi connectivity index (χ2n) is 6.08. The van der Waals surface area contributed by atoms with E-state index in [1.165, 1.54) is 30.5 Å². The molecular weight excluding hydrogens is 338 g/mol. The van der Waals surface area contributed by atoms with Crippen molar-refractivity contribution >= 4 is 17.8 Å². The van der Waals surface area contributed by atoms with Crippen LogP contribution in [0, 0.1) is 11.6 Å². The average molecular weight is 358 g/mol. The summed E-state index contributed by atoms with van der Waals surface area (Å²) in [7, 11) is 0. The number of nitrogens with zero attached hydrogens (tertiary/aromatic N) is 3. The Kier molecular flexibility index (Phi) is 5.91. The van der Waals surface area contributed by atoms with E-state index in [-0.39, 0.29) is 24.1 Å². The fourth-order valence-electron chi connectivity index (χ4n) is 2.78. The molecule has 0 unspecified atom stereocenters. The van der Waals surface area contributed by atoms with Crippen molar-refractivity contribution in [2.45, 2.75) is 0 Å². The van der Waals surface area contributed by atoms with Gasteiger partial charge in [-0.3, -0.25) is 9.69 Å². The second kappa shape index (κ2) is 8.53. The molecule has 5 nitrogen and oxygen atoms in total. The van der Waals surface area contributed by atoms with Crippen LogP contribution in [0.3, 0.4) is 0 Å². The minimum Gasteiger partial charge on any atom is -0.369 e. The first-order valence-electron chi connectivity index (χ1n) is 8.40. The Morgan fingerprint density at radius 3 is 2.15 bits per heavy atom. The van der Waals surface area contributed by atoms with Crippen LogP contribution in [0.1, 0.15) is 5.56 Å². The van der Waals surface area contributed by atoms with Crippen LogP contribution < -0.4 is 10.3 Å². The van der Waals surface area contributed by atoms with Gasteiger partial charge in [-0.1, -0.05) is 12.1 Å². The van der Waals surface area contributed by atoms with Crippen LogP contribution in [0.5, 0.6) is 0 Å². The minimum atomic E-state index is -0.314. The molecule has 0 aliphatic carbocycles. The van der Waals surface area contributed by atoms with Crippen LogP contribution >= 0.6 is 0 Å². The highest BCUT2D eigenvalue weighted by Crippen LogP contribution is 2.16. The first-order chi connectivity index (χ1) is 12.6. The number of piperazine rings is 1. The van der Waals surface area contributed by atoms with Gasteiger partial charge < -0.3 is 4.90 Å². The van der Waals surface area contributed by atoms with E-state index in [4.69, 9.17) is 0 Å². The molecule has 0 atom stereocenters. The molecule has 136 valence electrons. The van der Waals surface area contributed by atoms with Crippen molar-refractivity contribution in [1.82, 2.24) is 10.3 Å². The predicted octanol–water partition coefficient (Wildman–Crippen LogP) is 2.24. The average Bonchev–Trinajstić information content (AvgIpc) is 2.65. The van der Waals surface area contributed by atoms with Gasteiger partial charge in [-0.25, -0.2) is 14.2 Å². The third-order valence-corrected chi connectivity index (χ3v) is 4.20. The van der Waals surface area contributed by atoms with Crippen molar-refractivity contribution in [2.24, 2.45) is 5.10 Å². The van der Waals surface area contributed by atoms with E-state index in [2.05, 4.69) is 15.4 Å². The summed E-state index contributed by atoms with van der Waals surface area (Å²) in [4.78, 5) is 16.2. The molecular formula is C19H20F2N4O. The number of nitrogens with one attached hydrogen (secondary N) is 1. The highest BCUT2D eigenvalue weighted by molar-refractivity contribution is 5.83. The van der Waals surface area contributed by atoms with E-state index >= 15 is 0 Å². The second-order valence-corrected chi connectivity index (χ2v) is 6.08. The Morgan fingerprint density at radius 2 is 1.54 bits per heavy atom. The number of hydrogen-bond donors (Lipinski definition) is 1. The lowest BCUT2D eigenvalue weighted by Crippen LogP contribution is -2.49. The summed E-state index contributed by atoms with van der Waals surface area (Å²) >= 11 is 0. The zero-order valence-electron chi connectivity index (χ0n) is 14.2. The van der Waals surface area contributed by atoms with Gasteiger partial charge in [-0.15, -0.1) is 0 Å². The minimum absolute atomic E-state index is 0.196. The van der Waals surface area contributed by atoms with Gasteiger partial charge in [0.25, 0.3) is 5.91 Å². The Morgan fingerprint density at radius 1 is 0.962 bits per heavy atom. The topological polar surface area (TPSA) is 47.9 Å². The predicted molar refractivity (Wildman–Crippen MR) is 97.2 cm³/mol. The van der Waals surface area contributed by atoms with Crippen LogP contribution in [0.4, 0.5) is 14.5 Å². The summed E-state index contributed by atoms with van der Waals surface area (Å²) in [5.41, 5.74) is 4.18. The van der Waals surface area contributed by atoms with E-state index < -0.39 is 0 Å². The largest absolute Gasteiger partial charge is 0.369 e. The third-order valence-electron chi connectivity index (χ3n) is 4.20. The molecule has 0 bridgehead atoms. The van der Waals surface area contributed by atoms with Crippen molar-refractivity contribution in [3.8, 4) is 0 Å². The number of anilines is 1. The number of carbonyl (C=O) groups is 1. The molecule has 2 aromatic rings. The monoisotopic (exact) mass is 358 g/mol. The van der Waals surface area contributed by atoms with Crippen molar-refractivity contribution in [2.75, 3.05) is 37.6 Å². The highest BCUT2D eigenvalue weighted by atomic mass is 19.1. The fraction of sp³-hybridized carbons (Fsp3) is 0.263. The van der Waals surface area contributed by atoms with E-state index in [0.29, 0.717) is 5.56 Å². The van der Waals surface area contributed by atoms with E-state index in [0.717, 1.165) is 31.9 Å². The standard InChI is InChI=1S/C19H20F2N4O/c20-16-3-1-15(2-4-16)13-22-23-19(26)14-24-9-11-25(12-10-24)18-7-5-17(21)6-8-18/h1-8,13H,9-12,14H2,(H,23,26)/b22-13+. The first-order valence-corrected chi connectivity index (χ1v) is 8.40. The molecule has 2 aromatic carbocycles. The van der Waals surface area contributed by atoms with Gasteiger partial charge in [0.15, 0.2) is 0 Å². The fourth-order valence-corrected chi connectivity index (χ4v) is 2.78. The molecule has 1 N–H and O–H groups in total.